The predicted octanol–water partition coefficient (Wildman–Crippen LogP) is 3.89. The van der Waals surface area contributed by atoms with Crippen LogP contribution in [0.3, 0.4) is 0 Å². The molecule has 0 spiro atoms. The van der Waals surface area contributed by atoms with E-state index in [-0.39, 0.29) is 22.4 Å². The van der Waals surface area contributed by atoms with E-state index in [1.54, 1.807) is 48.5 Å². The number of primary amides is 1. The molecule has 37 heavy (non-hydrogen) atoms. The van der Waals surface area contributed by atoms with E-state index in [9.17, 15) is 14.4 Å². The standard InChI is InChI=1S/C27H23BrN4O5/c1-14-10-16(28)13-21-23(14)30-27(35)24(21)31-32-26(34)20(18-6-4-5-7-19(18)25(29)33)12-15-11-17(36-2)8-9-22(15)37-3/h4-13H,1-3H3,(H2,29,33)(H,32,34)(H,30,31,35). The SMILES string of the molecule is COc1ccc(OC)c(C=C(C(=O)NN=C2C(=O)Nc3c(C)cc(Br)cc32)c2ccccc2C(N)=O)c1. The topological polar surface area (TPSA) is 132 Å². The summed E-state index contributed by atoms with van der Waals surface area (Å²) in [6, 6.07) is 15.2. The number of benzene rings is 3. The number of rotatable bonds is 7. The van der Waals surface area contributed by atoms with Gasteiger partial charge in [0, 0.05) is 26.7 Å². The fourth-order valence-electron chi connectivity index (χ4n) is 3.97. The second kappa shape index (κ2) is 10.7. The number of hydrogen-bond donors (Lipinski definition) is 3. The average Bonchev–Trinajstić information content (AvgIpc) is 3.20. The van der Waals surface area contributed by atoms with Crippen molar-refractivity contribution in [3.8, 4) is 11.5 Å². The first-order valence-electron chi connectivity index (χ1n) is 11.1. The van der Waals surface area contributed by atoms with E-state index in [4.69, 9.17) is 15.2 Å². The summed E-state index contributed by atoms with van der Waals surface area (Å²) in [5, 5.41) is 6.91. The molecule has 0 bridgehead atoms. The highest BCUT2D eigenvalue weighted by atomic mass is 79.9. The number of aryl methyl sites for hydroxylation is 1. The smallest absolute Gasteiger partial charge is 0.276 e. The number of hydrazone groups is 1. The molecule has 3 aromatic carbocycles. The Bertz CT molecular complexity index is 1500. The van der Waals surface area contributed by atoms with Crippen molar-refractivity contribution >= 4 is 56.7 Å². The Morgan fingerprint density at radius 1 is 1.05 bits per heavy atom. The second-order valence-corrected chi connectivity index (χ2v) is 8.99. The molecule has 4 rings (SSSR count). The molecule has 9 nitrogen and oxygen atoms in total. The predicted molar refractivity (Wildman–Crippen MR) is 145 cm³/mol. The summed E-state index contributed by atoms with van der Waals surface area (Å²) in [6.45, 7) is 1.86. The number of nitrogens with two attached hydrogens (primary N) is 1. The molecule has 4 N–H and O–H groups in total. The molecule has 0 atom stereocenters. The lowest BCUT2D eigenvalue weighted by atomic mass is 9.96. The number of nitrogens with one attached hydrogen (secondary N) is 2. The molecule has 1 aliphatic heterocycles. The van der Waals surface area contributed by atoms with Gasteiger partial charge in [0.25, 0.3) is 11.8 Å². The third kappa shape index (κ3) is 5.24. The van der Waals surface area contributed by atoms with Crippen LogP contribution in [0.2, 0.25) is 0 Å². The summed E-state index contributed by atoms with van der Waals surface area (Å²) < 4.78 is 11.5. The van der Waals surface area contributed by atoms with Crippen LogP contribution in [-0.2, 0) is 9.59 Å². The summed E-state index contributed by atoms with van der Waals surface area (Å²) in [6.07, 6.45) is 1.54. The molecule has 1 heterocycles. The van der Waals surface area contributed by atoms with Crippen molar-refractivity contribution in [2.75, 3.05) is 19.5 Å². The number of ether oxygens (including phenoxy) is 2. The number of nitrogens with zero attached hydrogens (tertiary/aromatic N) is 1. The number of carbonyl (C=O) groups is 3. The fraction of sp³-hybridized carbons (Fsp3) is 0.111. The van der Waals surface area contributed by atoms with Crippen molar-refractivity contribution < 1.29 is 23.9 Å². The minimum Gasteiger partial charge on any atom is -0.497 e. The molecule has 0 aromatic heterocycles. The first-order chi connectivity index (χ1) is 17.7. The van der Waals surface area contributed by atoms with Crippen LogP contribution < -0.4 is 25.9 Å². The van der Waals surface area contributed by atoms with Crippen molar-refractivity contribution in [2.24, 2.45) is 10.8 Å². The van der Waals surface area contributed by atoms with E-state index in [2.05, 4.69) is 31.8 Å². The molecule has 0 saturated carbocycles. The van der Waals surface area contributed by atoms with Crippen LogP contribution in [0.4, 0.5) is 5.69 Å². The Kier molecular flexibility index (Phi) is 7.40. The molecule has 188 valence electrons. The van der Waals surface area contributed by atoms with Crippen molar-refractivity contribution in [3.05, 3.63) is 86.9 Å². The molecule has 10 heteroatoms. The largest absolute Gasteiger partial charge is 0.497 e. The van der Waals surface area contributed by atoms with Crippen LogP contribution in [0.5, 0.6) is 11.5 Å². The molecule has 0 saturated heterocycles. The lowest BCUT2D eigenvalue weighted by molar-refractivity contribution is -0.115. The summed E-state index contributed by atoms with van der Waals surface area (Å²) in [4.78, 5) is 38.3. The van der Waals surface area contributed by atoms with E-state index < -0.39 is 17.7 Å². The van der Waals surface area contributed by atoms with Gasteiger partial charge in [0.15, 0.2) is 5.71 Å². The normalized spacial score (nSPS) is 13.7. The van der Waals surface area contributed by atoms with Gasteiger partial charge in [-0.1, -0.05) is 34.1 Å². The van der Waals surface area contributed by atoms with Crippen LogP contribution in [0.1, 0.15) is 32.6 Å². The Hall–Kier alpha value is -4.44. The van der Waals surface area contributed by atoms with Crippen molar-refractivity contribution in [1.29, 1.82) is 0 Å². The fourth-order valence-corrected chi connectivity index (χ4v) is 4.55. The van der Waals surface area contributed by atoms with E-state index in [1.807, 2.05) is 13.0 Å². The lowest BCUT2D eigenvalue weighted by Gasteiger charge is -2.13. The molecule has 0 unspecified atom stereocenters. The van der Waals surface area contributed by atoms with E-state index in [0.29, 0.717) is 28.3 Å². The molecular formula is C27H23BrN4O5. The molecule has 3 amide bonds. The summed E-state index contributed by atoms with van der Waals surface area (Å²) in [5.41, 5.74) is 11.1. The van der Waals surface area contributed by atoms with Crippen LogP contribution >= 0.6 is 15.9 Å². The molecule has 0 aliphatic carbocycles. The number of carbonyl (C=O) groups excluding carboxylic acids is 3. The van der Waals surface area contributed by atoms with Gasteiger partial charge in [0.2, 0.25) is 5.91 Å². The maximum atomic E-state index is 13.5. The number of fused-ring (bicyclic) bond motifs is 1. The molecule has 3 aromatic rings. The quantitative estimate of drug-likeness (QED) is 0.228. The lowest BCUT2D eigenvalue weighted by Crippen LogP contribution is -2.25. The second-order valence-electron chi connectivity index (χ2n) is 8.08. The van der Waals surface area contributed by atoms with Gasteiger partial charge in [-0.05, 0) is 60.5 Å². The van der Waals surface area contributed by atoms with Gasteiger partial charge >= 0.3 is 0 Å². The average molecular weight is 563 g/mol. The Morgan fingerprint density at radius 2 is 1.78 bits per heavy atom. The maximum absolute atomic E-state index is 13.5. The highest BCUT2D eigenvalue weighted by Gasteiger charge is 2.29. The van der Waals surface area contributed by atoms with Gasteiger partial charge in [-0.25, -0.2) is 5.43 Å². The summed E-state index contributed by atoms with van der Waals surface area (Å²) in [5.74, 6) is -0.815. The highest BCUT2D eigenvalue weighted by Crippen LogP contribution is 2.32. The number of methoxy groups -OCH3 is 2. The minimum atomic E-state index is -0.706. The highest BCUT2D eigenvalue weighted by molar-refractivity contribution is 9.10. The van der Waals surface area contributed by atoms with Gasteiger partial charge < -0.3 is 20.5 Å². The van der Waals surface area contributed by atoms with Gasteiger partial charge in [0.1, 0.15) is 11.5 Å². The van der Waals surface area contributed by atoms with Crippen molar-refractivity contribution in [1.82, 2.24) is 5.43 Å². The van der Waals surface area contributed by atoms with Crippen LogP contribution in [0.15, 0.2) is 64.2 Å². The zero-order valence-corrected chi connectivity index (χ0v) is 21.8. The first-order valence-corrected chi connectivity index (χ1v) is 11.9. The van der Waals surface area contributed by atoms with Crippen molar-refractivity contribution in [2.45, 2.75) is 6.92 Å². The van der Waals surface area contributed by atoms with Crippen molar-refractivity contribution in [3.63, 3.8) is 0 Å². The number of anilines is 1. The van der Waals surface area contributed by atoms with Gasteiger partial charge in [0.05, 0.1) is 19.9 Å². The first kappa shape index (κ1) is 25.6. The summed E-state index contributed by atoms with van der Waals surface area (Å²) in [7, 11) is 3.02. The minimum absolute atomic E-state index is 0.0502. The number of halogens is 1. The number of amides is 3. The monoisotopic (exact) mass is 562 g/mol. The van der Waals surface area contributed by atoms with Gasteiger partial charge in [-0.3, -0.25) is 14.4 Å². The Labute approximate surface area is 221 Å². The zero-order chi connectivity index (χ0) is 26.7. The van der Waals surface area contributed by atoms with Crippen LogP contribution in [0, 0.1) is 6.92 Å². The Balaban J connectivity index is 1.82. The third-order valence-corrected chi connectivity index (χ3v) is 6.20. The van der Waals surface area contributed by atoms with Crippen LogP contribution in [-0.4, -0.2) is 37.7 Å². The van der Waals surface area contributed by atoms with Gasteiger partial charge in [-0.2, -0.15) is 5.10 Å². The molecule has 0 fully saturated rings. The molecular weight excluding hydrogens is 540 g/mol. The third-order valence-electron chi connectivity index (χ3n) is 5.74. The van der Waals surface area contributed by atoms with E-state index >= 15 is 0 Å². The molecule has 0 radical (unpaired) electrons. The number of hydrogen-bond acceptors (Lipinski definition) is 6. The van der Waals surface area contributed by atoms with Crippen LogP contribution in [0.25, 0.3) is 11.6 Å². The van der Waals surface area contributed by atoms with E-state index in [0.717, 1.165) is 10.0 Å². The van der Waals surface area contributed by atoms with E-state index in [1.165, 1.54) is 20.3 Å². The summed E-state index contributed by atoms with van der Waals surface area (Å²) >= 11 is 3.42. The maximum Gasteiger partial charge on any atom is 0.276 e. The zero-order valence-electron chi connectivity index (χ0n) is 20.2. The van der Waals surface area contributed by atoms with Gasteiger partial charge in [-0.15, -0.1) is 0 Å². The Morgan fingerprint density at radius 3 is 2.46 bits per heavy atom. The molecule has 1 aliphatic rings.